The smallest absolute Gasteiger partial charge is 0.256 e. The molecule has 0 aromatic heterocycles. The minimum absolute atomic E-state index is 0.0295. The number of nitrogens with zero attached hydrogens (tertiary/aromatic N) is 2. The highest BCUT2D eigenvalue weighted by molar-refractivity contribution is 6.31. The monoisotopic (exact) mass is 293 g/mol. The van der Waals surface area contributed by atoms with Gasteiger partial charge < -0.3 is 4.90 Å². The number of guanidine groups is 1. The number of anilines is 1. The predicted molar refractivity (Wildman–Crippen MR) is 73.4 cm³/mol. The quantitative estimate of drug-likeness (QED) is 0.865. The summed E-state index contributed by atoms with van der Waals surface area (Å²) in [5.74, 6) is -0.0392. The van der Waals surface area contributed by atoms with Gasteiger partial charge in [-0.25, -0.2) is 9.29 Å². The molecule has 1 aromatic rings. The molecule has 1 N–H and O–H groups in total. The van der Waals surface area contributed by atoms with Crippen molar-refractivity contribution in [3.05, 3.63) is 29.0 Å². The average Bonchev–Trinajstić information content (AvgIpc) is 3.08. The topological polar surface area (TPSA) is 47.4 Å². The third-order valence-electron chi connectivity index (χ3n) is 4.68. The van der Waals surface area contributed by atoms with Crippen molar-refractivity contribution in [2.75, 3.05) is 4.90 Å². The Bertz CT molecular complexity index is 607. The molecule has 0 unspecified atom stereocenters. The van der Waals surface area contributed by atoms with E-state index in [9.17, 15) is 9.18 Å². The molecular formula is C14H13ClFN3O. The molecule has 4 nitrogen and oxygen atoms in total. The molecule has 3 aliphatic rings. The number of hydrogen-bond donors (Lipinski definition) is 1. The third-order valence-corrected chi connectivity index (χ3v) is 4.97. The summed E-state index contributed by atoms with van der Waals surface area (Å²) in [6.45, 7) is 0. The van der Waals surface area contributed by atoms with Crippen LogP contribution in [0, 0.1) is 17.1 Å². The fourth-order valence-electron chi connectivity index (χ4n) is 3.84. The molecule has 3 atom stereocenters. The van der Waals surface area contributed by atoms with Gasteiger partial charge in [0.25, 0.3) is 5.91 Å². The summed E-state index contributed by atoms with van der Waals surface area (Å²) in [6.07, 6.45) is 3.12. The molecular weight excluding hydrogens is 281 g/mol. The summed E-state index contributed by atoms with van der Waals surface area (Å²) in [5.41, 5.74) is 0.472. The number of carbonyl (C=O) groups is 1. The van der Waals surface area contributed by atoms with Gasteiger partial charge in [-0.2, -0.15) is 0 Å². The number of benzene rings is 1. The number of halogens is 2. The molecule has 20 heavy (non-hydrogen) atoms. The predicted octanol–water partition coefficient (Wildman–Crippen LogP) is 2.61. The number of amides is 1. The van der Waals surface area contributed by atoms with Gasteiger partial charge in [0.2, 0.25) is 5.96 Å². The lowest BCUT2D eigenvalue weighted by atomic mass is 9.99. The number of hydrogen-bond acceptors (Lipinski definition) is 2. The van der Waals surface area contributed by atoms with Crippen LogP contribution in [-0.2, 0) is 4.79 Å². The highest BCUT2D eigenvalue weighted by atomic mass is 35.5. The molecule has 2 saturated heterocycles. The first-order chi connectivity index (χ1) is 9.58. The SMILES string of the molecule is N=C1N(c2ccc(F)c(Cl)c2)C(=O)[C@H]2[C@@H]3CC[C@@H](C3)N12. The van der Waals surface area contributed by atoms with Crippen molar-refractivity contribution in [2.24, 2.45) is 5.92 Å². The van der Waals surface area contributed by atoms with Gasteiger partial charge in [-0.15, -0.1) is 0 Å². The molecule has 2 bridgehead atoms. The maximum Gasteiger partial charge on any atom is 0.256 e. The molecule has 0 radical (unpaired) electrons. The summed E-state index contributed by atoms with van der Waals surface area (Å²) in [7, 11) is 0. The molecule has 104 valence electrons. The molecule has 1 amide bonds. The Balaban J connectivity index is 1.74. The van der Waals surface area contributed by atoms with E-state index in [4.69, 9.17) is 17.0 Å². The van der Waals surface area contributed by atoms with Crippen LogP contribution in [0.25, 0.3) is 0 Å². The highest BCUT2D eigenvalue weighted by Gasteiger charge is 2.57. The largest absolute Gasteiger partial charge is 0.327 e. The molecule has 1 saturated carbocycles. The maximum atomic E-state index is 13.2. The molecule has 4 rings (SSSR count). The van der Waals surface area contributed by atoms with Gasteiger partial charge in [0, 0.05) is 6.04 Å². The number of rotatable bonds is 1. The van der Waals surface area contributed by atoms with Crippen molar-refractivity contribution in [1.82, 2.24) is 4.90 Å². The first-order valence-corrected chi connectivity index (χ1v) is 7.11. The summed E-state index contributed by atoms with van der Waals surface area (Å²) >= 11 is 5.78. The summed E-state index contributed by atoms with van der Waals surface area (Å²) in [5, 5.41) is 8.24. The molecule has 2 aliphatic heterocycles. The Labute approximate surface area is 120 Å². The van der Waals surface area contributed by atoms with Crippen molar-refractivity contribution in [3.63, 3.8) is 0 Å². The first-order valence-electron chi connectivity index (χ1n) is 6.74. The van der Waals surface area contributed by atoms with Crippen LogP contribution in [0.4, 0.5) is 10.1 Å². The van der Waals surface area contributed by atoms with Crippen molar-refractivity contribution in [1.29, 1.82) is 5.41 Å². The molecule has 0 spiro atoms. The Morgan fingerprint density at radius 2 is 2.15 bits per heavy atom. The van der Waals surface area contributed by atoms with Gasteiger partial charge >= 0.3 is 0 Å². The van der Waals surface area contributed by atoms with Crippen molar-refractivity contribution in [2.45, 2.75) is 31.3 Å². The van der Waals surface area contributed by atoms with Crippen LogP contribution < -0.4 is 4.90 Å². The fourth-order valence-corrected chi connectivity index (χ4v) is 4.01. The third kappa shape index (κ3) is 1.41. The lowest BCUT2D eigenvalue weighted by Gasteiger charge is -2.27. The number of fused-ring (bicyclic) bond motifs is 5. The van der Waals surface area contributed by atoms with Gasteiger partial charge in [-0.05, 0) is 43.4 Å². The summed E-state index contributed by atoms with van der Waals surface area (Å²) in [6, 6.07) is 4.24. The van der Waals surface area contributed by atoms with E-state index in [0.717, 1.165) is 19.3 Å². The second-order valence-corrected chi connectivity index (χ2v) is 6.08. The van der Waals surface area contributed by atoms with Gasteiger partial charge in [-0.3, -0.25) is 10.2 Å². The zero-order valence-corrected chi connectivity index (χ0v) is 11.4. The highest BCUT2D eigenvalue weighted by Crippen LogP contribution is 2.47. The lowest BCUT2D eigenvalue weighted by Crippen LogP contribution is -2.40. The van der Waals surface area contributed by atoms with E-state index >= 15 is 0 Å². The molecule has 2 heterocycles. The van der Waals surface area contributed by atoms with Crippen LogP contribution >= 0.6 is 11.6 Å². The number of nitrogens with one attached hydrogen (secondary N) is 1. The van der Waals surface area contributed by atoms with Crippen molar-refractivity contribution < 1.29 is 9.18 Å². The standard InChI is InChI=1S/C14H13ClFN3O/c15-10-6-9(3-4-11(10)16)19-13(20)12-7-1-2-8(5-7)18(12)14(19)17/h3-4,6-8,12,17H,1-2,5H2/t7-,8+,12-/m1/s1. The van der Waals surface area contributed by atoms with Gasteiger partial charge in [0.15, 0.2) is 0 Å². The molecule has 6 heteroatoms. The number of carbonyl (C=O) groups excluding carboxylic acids is 1. The van der Waals surface area contributed by atoms with E-state index in [1.807, 2.05) is 4.90 Å². The summed E-state index contributed by atoms with van der Waals surface area (Å²) < 4.78 is 13.2. The normalized spacial score (nSPS) is 31.4. The number of piperidine rings is 1. The zero-order valence-electron chi connectivity index (χ0n) is 10.6. The van der Waals surface area contributed by atoms with Crippen LogP contribution in [-0.4, -0.2) is 28.9 Å². The van der Waals surface area contributed by atoms with Crippen molar-refractivity contribution >= 4 is 29.2 Å². The minimum Gasteiger partial charge on any atom is -0.327 e. The van der Waals surface area contributed by atoms with Crippen molar-refractivity contribution in [3.8, 4) is 0 Å². The van der Waals surface area contributed by atoms with E-state index in [-0.39, 0.29) is 22.9 Å². The zero-order chi connectivity index (χ0) is 14.0. The molecule has 1 aromatic carbocycles. The lowest BCUT2D eigenvalue weighted by molar-refractivity contribution is -0.120. The van der Waals surface area contributed by atoms with Gasteiger partial charge in [0.1, 0.15) is 11.9 Å². The first kappa shape index (κ1) is 12.1. The van der Waals surface area contributed by atoms with E-state index in [0.29, 0.717) is 17.6 Å². The second-order valence-electron chi connectivity index (χ2n) is 5.67. The summed E-state index contributed by atoms with van der Waals surface area (Å²) in [4.78, 5) is 15.9. The van der Waals surface area contributed by atoms with E-state index < -0.39 is 5.82 Å². The van der Waals surface area contributed by atoms with Gasteiger partial charge in [0.05, 0.1) is 10.7 Å². The Morgan fingerprint density at radius 3 is 2.85 bits per heavy atom. The average molecular weight is 294 g/mol. The van der Waals surface area contributed by atoms with Crippen LogP contribution in [0.5, 0.6) is 0 Å². The van der Waals surface area contributed by atoms with Crippen LogP contribution in [0.15, 0.2) is 18.2 Å². The van der Waals surface area contributed by atoms with Crippen LogP contribution in [0.3, 0.4) is 0 Å². The van der Waals surface area contributed by atoms with E-state index in [1.54, 1.807) is 0 Å². The van der Waals surface area contributed by atoms with Crippen LogP contribution in [0.2, 0.25) is 5.02 Å². The second kappa shape index (κ2) is 3.95. The van der Waals surface area contributed by atoms with Gasteiger partial charge in [-0.1, -0.05) is 11.6 Å². The maximum absolute atomic E-state index is 13.2. The Kier molecular flexibility index (Phi) is 2.40. The Hall–Kier alpha value is -1.62. The van der Waals surface area contributed by atoms with E-state index in [1.165, 1.54) is 23.1 Å². The molecule has 1 aliphatic carbocycles. The minimum atomic E-state index is -0.519. The van der Waals surface area contributed by atoms with Crippen LogP contribution in [0.1, 0.15) is 19.3 Å². The molecule has 3 fully saturated rings. The Morgan fingerprint density at radius 1 is 1.35 bits per heavy atom. The van der Waals surface area contributed by atoms with E-state index in [2.05, 4.69) is 0 Å². The fraction of sp³-hybridized carbons (Fsp3) is 0.429.